The van der Waals surface area contributed by atoms with Crippen LogP contribution >= 0.6 is 23.2 Å². The molecule has 0 aromatic heterocycles. The number of piperidine rings is 2. The van der Waals surface area contributed by atoms with E-state index in [4.69, 9.17) is 56.0 Å². The van der Waals surface area contributed by atoms with Crippen molar-refractivity contribution in [3.63, 3.8) is 0 Å². The number of anilines is 2. The summed E-state index contributed by atoms with van der Waals surface area (Å²) in [6.07, 6.45) is 9.21. The number of nitrogens with one attached hydrogen (secondary N) is 4. The number of aliphatic hydroxyl groups excluding tert-OH is 1. The van der Waals surface area contributed by atoms with Crippen LogP contribution in [0.4, 0.5) is 21.0 Å². The summed E-state index contributed by atoms with van der Waals surface area (Å²) in [4.78, 5) is 31.3. The molecule has 2 aliphatic carbocycles. The second-order valence-corrected chi connectivity index (χ2v) is 28.7. The van der Waals surface area contributed by atoms with Crippen LogP contribution in [0, 0.1) is 11.8 Å². The highest BCUT2D eigenvalue weighted by molar-refractivity contribution is 6.74. The third-order valence-electron chi connectivity index (χ3n) is 16.8. The summed E-state index contributed by atoms with van der Waals surface area (Å²) in [5.41, 5.74) is 3.76. The summed E-state index contributed by atoms with van der Waals surface area (Å²) in [5.74, 6) is 4.11. The minimum atomic E-state index is -1.96. The molecule has 0 bridgehead atoms. The average molecular weight is 1150 g/mol. The molecule has 2 saturated heterocycles. The molecule has 5 N–H and O–H groups in total. The summed E-state index contributed by atoms with van der Waals surface area (Å²) in [7, 11) is 7.31. The van der Waals surface area contributed by atoms with Gasteiger partial charge in [-0.1, -0.05) is 68.2 Å². The summed E-state index contributed by atoms with van der Waals surface area (Å²) in [6.45, 7) is 15.4. The normalized spacial score (nSPS) is 22.3. The number of nitrogens with zero attached hydrogens (tertiary/aromatic N) is 2. The van der Waals surface area contributed by atoms with Gasteiger partial charge in [-0.25, -0.2) is 9.59 Å². The third-order valence-corrected chi connectivity index (χ3v) is 21.9. The Balaban J connectivity index is 0.000000232. The summed E-state index contributed by atoms with van der Waals surface area (Å²) < 4.78 is 39.4. The van der Waals surface area contributed by atoms with Crippen molar-refractivity contribution in [3.05, 3.63) is 94.0 Å². The van der Waals surface area contributed by atoms with E-state index in [9.17, 15) is 14.7 Å². The van der Waals surface area contributed by atoms with Gasteiger partial charge in [-0.15, -0.1) is 0 Å². The number of amides is 4. The van der Waals surface area contributed by atoms with E-state index >= 15 is 0 Å². The number of carbonyl (C=O) groups excluding carboxylic acids is 2. The van der Waals surface area contributed by atoms with Gasteiger partial charge in [0, 0.05) is 64.6 Å². The van der Waals surface area contributed by atoms with Crippen LogP contribution in [-0.2, 0) is 17.3 Å². The van der Waals surface area contributed by atoms with Crippen LogP contribution in [0.3, 0.4) is 0 Å². The van der Waals surface area contributed by atoms with Gasteiger partial charge in [0.1, 0.15) is 0 Å². The quantitative estimate of drug-likeness (QED) is 0.0598. The fourth-order valence-electron chi connectivity index (χ4n) is 11.6. The number of hydrogen-bond acceptors (Lipinski definition) is 12. The number of carbonyl (C=O) groups is 2. The van der Waals surface area contributed by atoms with Crippen molar-refractivity contribution in [1.82, 2.24) is 20.4 Å². The lowest BCUT2D eigenvalue weighted by atomic mass is 9.89. The molecular formula is C60H86Cl2N6O10Si. The molecule has 0 spiro atoms. The minimum absolute atomic E-state index is 0.0235. The molecule has 4 aromatic rings. The Bertz CT molecular complexity index is 2560. The van der Waals surface area contributed by atoms with Crippen molar-refractivity contribution >= 4 is 55.0 Å². The van der Waals surface area contributed by atoms with Crippen LogP contribution < -0.4 is 49.7 Å². The number of ether oxygens (including phenoxy) is 6. The standard InChI is InChI=1S/C33H50ClN3O5Si.C27H36ClN3O5/c1-33(2,3)43(7,8)42-26-20-27(36-32(38)35-25-18-29(39-4)31(41-6)30(19-25)40-5)28(21-26)37-15-13-23(14-16-37)17-22-9-11-24(34)12-10-22;1-34-24-13-20(14-25(35-2)26(24)36-3)29-27(33)30-22-15-21(32)16-23(22)31-10-8-18(9-11-31)12-17-4-6-19(28)7-5-17/h9-12,18-19,23,26-28H,13-17,20-21H2,1-8H3,(H2,35,36,38);4-7,13-14,18,21-23,32H,8-12,15-16H2,1-3H3,(H2,29,30,33)/t26-,27+,28+;21-,22+,23+/m00/s1. The summed E-state index contributed by atoms with van der Waals surface area (Å²) in [5, 5.41) is 24.3. The van der Waals surface area contributed by atoms with E-state index < -0.39 is 14.4 Å². The molecule has 19 heteroatoms. The molecule has 6 atom stereocenters. The SMILES string of the molecule is COc1cc(NC(=O)N[C@@H]2C[C@H](O)C[C@H]2N2CCC(Cc3ccc(Cl)cc3)CC2)cc(OC)c1OC.COc1cc(NC(=O)N[C@@H]2C[C@H](O[Si](C)(C)C(C)(C)C)C[C@H]2N2CCC(Cc3ccc(Cl)cc3)CC2)cc(OC)c1OC. The molecule has 4 amide bonds. The van der Waals surface area contributed by atoms with Gasteiger partial charge >= 0.3 is 12.1 Å². The Hall–Kier alpha value is -5.14. The zero-order valence-corrected chi connectivity index (χ0v) is 50.7. The molecule has 0 unspecified atom stereocenters. The molecule has 16 nitrogen and oxygen atoms in total. The molecule has 2 aliphatic heterocycles. The maximum Gasteiger partial charge on any atom is 0.319 e. The summed E-state index contributed by atoms with van der Waals surface area (Å²) in [6, 6.07) is 22.8. The number of aliphatic hydroxyl groups is 1. The van der Waals surface area contributed by atoms with E-state index in [1.807, 2.05) is 24.3 Å². The first-order valence-corrected chi connectivity index (χ1v) is 31.5. The van der Waals surface area contributed by atoms with E-state index in [1.165, 1.54) is 32.5 Å². The lowest BCUT2D eigenvalue weighted by Gasteiger charge is -2.39. The zero-order valence-electron chi connectivity index (χ0n) is 48.2. The second-order valence-electron chi connectivity index (χ2n) is 23.1. The molecule has 79 heavy (non-hydrogen) atoms. The van der Waals surface area contributed by atoms with Crippen molar-refractivity contribution in [1.29, 1.82) is 0 Å². The Kier molecular flexibility index (Phi) is 21.8. The third kappa shape index (κ3) is 16.5. The monoisotopic (exact) mass is 1150 g/mol. The van der Waals surface area contributed by atoms with Crippen LogP contribution in [0.25, 0.3) is 0 Å². The van der Waals surface area contributed by atoms with Gasteiger partial charge in [0.25, 0.3) is 0 Å². The van der Waals surface area contributed by atoms with E-state index in [0.717, 1.165) is 87.6 Å². The van der Waals surface area contributed by atoms with E-state index in [1.54, 1.807) is 45.6 Å². The van der Waals surface area contributed by atoms with Crippen molar-refractivity contribution in [2.24, 2.45) is 11.8 Å². The number of hydrogen-bond donors (Lipinski definition) is 5. The molecular weight excluding hydrogens is 1060 g/mol. The molecule has 0 radical (unpaired) electrons. The van der Waals surface area contributed by atoms with Gasteiger partial charge < -0.3 is 59.2 Å². The average Bonchev–Trinajstić information content (AvgIpc) is 4.00. The fourth-order valence-corrected chi connectivity index (χ4v) is 13.3. The second kappa shape index (κ2) is 28.0. The van der Waals surface area contributed by atoms with Crippen molar-refractivity contribution in [2.45, 2.75) is 139 Å². The smallest absolute Gasteiger partial charge is 0.319 e. The van der Waals surface area contributed by atoms with Crippen LogP contribution in [-0.4, -0.2) is 140 Å². The first-order chi connectivity index (χ1) is 37.7. The van der Waals surface area contributed by atoms with Gasteiger partial charge in [0.15, 0.2) is 31.3 Å². The number of rotatable bonds is 18. The Morgan fingerprint density at radius 2 is 0.937 bits per heavy atom. The Labute approximate surface area is 479 Å². The van der Waals surface area contributed by atoms with Crippen LogP contribution in [0.15, 0.2) is 72.8 Å². The zero-order chi connectivity index (χ0) is 57.0. The van der Waals surface area contributed by atoms with Gasteiger partial charge in [-0.2, -0.15) is 0 Å². The topological polar surface area (TPSA) is 174 Å². The van der Waals surface area contributed by atoms with Crippen LogP contribution in [0.5, 0.6) is 34.5 Å². The predicted octanol–water partition coefficient (Wildman–Crippen LogP) is 11.7. The maximum absolute atomic E-state index is 13.4. The highest BCUT2D eigenvalue weighted by Crippen LogP contribution is 2.43. The molecule has 2 saturated carbocycles. The highest BCUT2D eigenvalue weighted by atomic mass is 35.5. The molecule has 8 rings (SSSR count). The number of benzene rings is 4. The van der Waals surface area contributed by atoms with Crippen molar-refractivity contribution in [2.75, 3.05) is 79.5 Å². The highest BCUT2D eigenvalue weighted by Gasteiger charge is 2.46. The van der Waals surface area contributed by atoms with Gasteiger partial charge in [-0.05, 0) is 156 Å². The molecule has 4 aliphatic rings. The number of urea groups is 2. The summed E-state index contributed by atoms with van der Waals surface area (Å²) >= 11 is 12.1. The lowest BCUT2D eigenvalue weighted by molar-refractivity contribution is 0.109. The van der Waals surface area contributed by atoms with Crippen molar-refractivity contribution < 1.29 is 47.5 Å². The molecule has 2 heterocycles. The molecule has 4 aromatic carbocycles. The maximum atomic E-state index is 13.4. The van der Waals surface area contributed by atoms with E-state index in [0.29, 0.717) is 70.5 Å². The Morgan fingerprint density at radius 3 is 1.29 bits per heavy atom. The van der Waals surface area contributed by atoms with E-state index in [-0.39, 0.29) is 47.4 Å². The minimum Gasteiger partial charge on any atom is -0.493 e. The lowest BCUT2D eigenvalue weighted by Crippen LogP contribution is -2.52. The number of likely N-dealkylation sites (tertiary alicyclic amines) is 2. The number of halogens is 2. The van der Waals surface area contributed by atoms with Crippen LogP contribution in [0.2, 0.25) is 28.2 Å². The van der Waals surface area contributed by atoms with Gasteiger partial charge in [-0.3, -0.25) is 9.80 Å². The van der Waals surface area contributed by atoms with Gasteiger partial charge in [0.2, 0.25) is 11.5 Å². The van der Waals surface area contributed by atoms with Crippen molar-refractivity contribution in [3.8, 4) is 34.5 Å². The Morgan fingerprint density at radius 1 is 0.570 bits per heavy atom. The first kappa shape index (κ1) is 61.5. The van der Waals surface area contributed by atoms with E-state index in [2.05, 4.69) is 89.2 Å². The van der Waals surface area contributed by atoms with Gasteiger partial charge in [0.05, 0.1) is 60.1 Å². The largest absolute Gasteiger partial charge is 0.493 e. The number of methoxy groups -OCH3 is 6. The fraction of sp³-hybridized carbons (Fsp3) is 0.567. The molecule has 4 fully saturated rings. The molecule has 434 valence electrons. The van der Waals surface area contributed by atoms with Crippen LogP contribution in [0.1, 0.15) is 83.3 Å². The first-order valence-electron chi connectivity index (χ1n) is 27.8. The predicted molar refractivity (Wildman–Crippen MR) is 317 cm³/mol.